The predicted octanol–water partition coefficient (Wildman–Crippen LogP) is 1.80. The Bertz CT molecular complexity index is 171. The molecule has 84 valence electrons. The van der Waals surface area contributed by atoms with Crippen LogP contribution in [0.2, 0.25) is 0 Å². The van der Waals surface area contributed by atoms with Crippen LogP contribution in [0.25, 0.3) is 0 Å². The van der Waals surface area contributed by atoms with Crippen molar-refractivity contribution in [3.8, 4) is 0 Å². The molecule has 0 aromatic carbocycles. The van der Waals surface area contributed by atoms with E-state index in [-0.39, 0.29) is 5.41 Å². The van der Waals surface area contributed by atoms with Crippen molar-refractivity contribution in [2.45, 2.75) is 32.4 Å². The fourth-order valence-electron chi connectivity index (χ4n) is 1.84. The van der Waals surface area contributed by atoms with E-state index in [4.69, 9.17) is 5.73 Å². The highest BCUT2D eigenvalue weighted by Gasteiger charge is 2.24. The summed E-state index contributed by atoms with van der Waals surface area (Å²) >= 11 is 2.13. The summed E-state index contributed by atoms with van der Waals surface area (Å²) in [7, 11) is 0. The van der Waals surface area contributed by atoms with Gasteiger partial charge in [0.25, 0.3) is 0 Å². The van der Waals surface area contributed by atoms with Gasteiger partial charge in [-0.1, -0.05) is 20.8 Å². The lowest BCUT2D eigenvalue weighted by atomic mass is 9.93. The van der Waals surface area contributed by atoms with Crippen LogP contribution >= 0.6 is 11.8 Å². The van der Waals surface area contributed by atoms with Gasteiger partial charge in [-0.15, -0.1) is 0 Å². The minimum Gasteiger partial charge on any atom is -0.330 e. The van der Waals surface area contributed by atoms with Crippen LogP contribution in [0.3, 0.4) is 0 Å². The largest absolute Gasteiger partial charge is 0.330 e. The summed E-state index contributed by atoms with van der Waals surface area (Å²) in [6.45, 7) is 11.2. The molecular formula is C11H24N2S. The molecule has 0 amide bonds. The third kappa shape index (κ3) is 3.79. The van der Waals surface area contributed by atoms with Gasteiger partial charge in [0.2, 0.25) is 0 Å². The van der Waals surface area contributed by atoms with E-state index in [1.807, 2.05) is 0 Å². The average molecular weight is 216 g/mol. The molecule has 0 aromatic heterocycles. The minimum absolute atomic E-state index is 0.278. The molecule has 0 radical (unpaired) electrons. The zero-order valence-corrected chi connectivity index (χ0v) is 10.6. The lowest BCUT2D eigenvalue weighted by Gasteiger charge is -2.37. The van der Waals surface area contributed by atoms with Gasteiger partial charge in [-0.25, -0.2) is 0 Å². The molecule has 2 nitrogen and oxygen atoms in total. The normalized spacial score (nSPS) is 25.3. The molecule has 1 heterocycles. The first-order valence-electron chi connectivity index (χ1n) is 5.61. The van der Waals surface area contributed by atoms with Crippen molar-refractivity contribution in [2.75, 3.05) is 31.9 Å². The Balaban J connectivity index is 2.37. The van der Waals surface area contributed by atoms with E-state index in [1.54, 1.807) is 0 Å². The summed E-state index contributed by atoms with van der Waals surface area (Å²) in [5.41, 5.74) is 6.04. The van der Waals surface area contributed by atoms with Gasteiger partial charge in [0.1, 0.15) is 0 Å². The maximum absolute atomic E-state index is 5.76. The lowest BCUT2D eigenvalue weighted by Crippen LogP contribution is -2.44. The summed E-state index contributed by atoms with van der Waals surface area (Å²) in [4.78, 5) is 2.58. The smallest absolute Gasteiger partial charge is 0.0172 e. The van der Waals surface area contributed by atoms with Crippen LogP contribution in [0.5, 0.6) is 0 Å². The molecule has 0 spiro atoms. The van der Waals surface area contributed by atoms with E-state index < -0.39 is 0 Å². The number of thioether (sulfide) groups is 1. The van der Waals surface area contributed by atoms with Gasteiger partial charge in [0.05, 0.1) is 0 Å². The summed E-state index contributed by atoms with van der Waals surface area (Å²) in [6, 6.07) is 0. The molecule has 1 saturated heterocycles. The molecule has 14 heavy (non-hydrogen) atoms. The maximum atomic E-state index is 5.76. The van der Waals surface area contributed by atoms with E-state index in [2.05, 4.69) is 37.4 Å². The standard InChI is InChI=1S/C11H24N2S/c1-4-10-7-13(5-6-14-10)9-11(2,3)8-12/h10H,4-9,12H2,1-3H3. The monoisotopic (exact) mass is 216 g/mol. The highest BCUT2D eigenvalue weighted by molar-refractivity contribution is 8.00. The molecular weight excluding hydrogens is 192 g/mol. The number of nitrogens with two attached hydrogens (primary N) is 1. The Morgan fingerprint density at radius 1 is 1.50 bits per heavy atom. The third-order valence-corrected chi connectivity index (χ3v) is 4.25. The lowest BCUT2D eigenvalue weighted by molar-refractivity contribution is 0.187. The van der Waals surface area contributed by atoms with E-state index in [9.17, 15) is 0 Å². The van der Waals surface area contributed by atoms with Gasteiger partial charge in [-0.2, -0.15) is 11.8 Å². The first-order chi connectivity index (χ1) is 6.57. The molecule has 0 bridgehead atoms. The molecule has 3 heteroatoms. The van der Waals surface area contributed by atoms with Crippen LogP contribution in [0.15, 0.2) is 0 Å². The van der Waals surface area contributed by atoms with Gasteiger partial charge in [0.15, 0.2) is 0 Å². The van der Waals surface area contributed by atoms with Crippen LogP contribution < -0.4 is 5.73 Å². The van der Waals surface area contributed by atoms with Crippen LogP contribution in [-0.2, 0) is 0 Å². The van der Waals surface area contributed by atoms with E-state index in [1.165, 1.54) is 25.3 Å². The van der Waals surface area contributed by atoms with Crippen molar-refractivity contribution < 1.29 is 0 Å². The first-order valence-corrected chi connectivity index (χ1v) is 6.66. The molecule has 0 aliphatic carbocycles. The summed E-state index contributed by atoms with van der Waals surface area (Å²) in [6.07, 6.45) is 1.30. The predicted molar refractivity (Wildman–Crippen MR) is 65.8 cm³/mol. The molecule has 1 aliphatic heterocycles. The molecule has 1 rings (SSSR count). The van der Waals surface area contributed by atoms with Gasteiger partial charge in [-0.05, 0) is 18.4 Å². The van der Waals surface area contributed by atoms with Gasteiger partial charge < -0.3 is 10.6 Å². The van der Waals surface area contributed by atoms with Crippen molar-refractivity contribution >= 4 is 11.8 Å². The quantitative estimate of drug-likeness (QED) is 0.777. The summed E-state index contributed by atoms with van der Waals surface area (Å²) in [5, 5.41) is 0.845. The molecule has 0 saturated carbocycles. The summed E-state index contributed by atoms with van der Waals surface area (Å²) in [5.74, 6) is 1.29. The van der Waals surface area contributed by atoms with Crippen molar-refractivity contribution in [2.24, 2.45) is 11.1 Å². The van der Waals surface area contributed by atoms with E-state index in [0.29, 0.717) is 0 Å². The number of hydrogen-bond donors (Lipinski definition) is 1. The Hall–Kier alpha value is 0.270. The molecule has 1 aliphatic rings. The van der Waals surface area contributed by atoms with Crippen molar-refractivity contribution in [1.29, 1.82) is 0 Å². The Kier molecular flexibility index (Phi) is 4.74. The first kappa shape index (κ1) is 12.3. The molecule has 0 aromatic rings. The highest BCUT2D eigenvalue weighted by atomic mass is 32.2. The van der Waals surface area contributed by atoms with Crippen molar-refractivity contribution in [3.05, 3.63) is 0 Å². The fourth-order valence-corrected chi connectivity index (χ4v) is 3.09. The Morgan fingerprint density at radius 2 is 2.21 bits per heavy atom. The maximum Gasteiger partial charge on any atom is 0.0172 e. The molecule has 1 fully saturated rings. The van der Waals surface area contributed by atoms with Crippen LogP contribution in [-0.4, -0.2) is 42.1 Å². The van der Waals surface area contributed by atoms with Crippen LogP contribution in [0.1, 0.15) is 27.2 Å². The van der Waals surface area contributed by atoms with E-state index >= 15 is 0 Å². The molecule has 1 atom stereocenters. The highest BCUT2D eigenvalue weighted by Crippen LogP contribution is 2.24. The Labute approximate surface area is 92.6 Å². The van der Waals surface area contributed by atoms with Crippen molar-refractivity contribution in [3.63, 3.8) is 0 Å². The van der Waals surface area contributed by atoms with Crippen LogP contribution in [0.4, 0.5) is 0 Å². The second-order valence-corrected chi connectivity index (χ2v) is 6.41. The molecule has 2 N–H and O–H groups in total. The number of nitrogens with zero attached hydrogens (tertiary/aromatic N) is 1. The Morgan fingerprint density at radius 3 is 2.79 bits per heavy atom. The van der Waals surface area contributed by atoms with E-state index in [0.717, 1.165) is 18.3 Å². The zero-order chi connectivity index (χ0) is 10.6. The molecule has 1 unspecified atom stereocenters. The van der Waals surface area contributed by atoms with Gasteiger partial charge >= 0.3 is 0 Å². The second-order valence-electron chi connectivity index (χ2n) is 5.00. The SMILES string of the molecule is CCC1CN(CC(C)(C)CN)CCS1. The van der Waals surface area contributed by atoms with Gasteiger partial charge in [-0.3, -0.25) is 0 Å². The van der Waals surface area contributed by atoms with Crippen LogP contribution in [0, 0.1) is 5.41 Å². The van der Waals surface area contributed by atoms with Crippen molar-refractivity contribution in [1.82, 2.24) is 4.90 Å². The topological polar surface area (TPSA) is 29.3 Å². The average Bonchev–Trinajstić information content (AvgIpc) is 2.17. The third-order valence-electron chi connectivity index (χ3n) is 2.88. The summed E-state index contributed by atoms with van der Waals surface area (Å²) < 4.78 is 0. The zero-order valence-electron chi connectivity index (χ0n) is 9.75. The number of rotatable bonds is 4. The second kappa shape index (κ2) is 5.38. The van der Waals surface area contributed by atoms with Gasteiger partial charge in [0, 0.05) is 30.6 Å². The fraction of sp³-hybridized carbons (Fsp3) is 1.00. The minimum atomic E-state index is 0.278. The number of hydrogen-bond acceptors (Lipinski definition) is 3.